The van der Waals surface area contributed by atoms with Crippen LogP contribution in [0.2, 0.25) is 0 Å². The predicted molar refractivity (Wildman–Crippen MR) is 76.0 cm³/mol. The van der Waals surface area contributed by atoms with Crippen molar-refractivity contribution in [1.29, 1.82) is 0 Å². The molecule has 1 aromatic carbocycles. The van der Waals surface area contributed by atoms with Gasteiger partial charge in [0.1, 0.15) is 5.75 Å². The first-order chi connectivity index (χ1) is 10.9. The van der Waals surface area contributed by atoms with Gasteiger partial charge in [0.15, 0.2) is 0 Å². The molecule has 1 aliphatic carbocycles. The highest BCUT2D eigenvalue weighted by atomic mass is 19.4. The number of anilines is 1. The van der Waals surface area contributed by atoms with Crippen molar-refractivity contribution in [3.63, 3.8) is 0 Å². The highest BCUT2D eigenvalue weighted by Gasteiger charge is 2.31. The van der Waals surface area contributed by atoms with Crippen LogP contribution in [-0.4, -0.2) is 22.1 Å². The molecule has 1 saturated carbocycles. The molecule has 0 spiro atoms. The Morgan fingerprint density at radius 3 is 2.87 bits per heavy atom. The monoisotopic (exact) mass is 325 g/mol. The van der Waals surface area contributed by atoms with Crippen LogP contribution in [0.1, 0.15) is 23.2 Å². The van der Waals surface area contributed by atoms with Crippen molar-refractivity contribution in [3.8, 4) is 5.75 Å². The summed E-state index contributed by atoms with van der Waals surface area (Å²) >= 11 is 0. The van der Waals surface area contributed by atoms with Gasteiger partial charge in [0.2, 0.25) is 0 Å². The number of hydrogen-bond donors (Lipinski definition) is 1. The quantitative estimate of drug-likeness (QED) is 0.916. The van der Waals surface area contributed by atoms with E-state index in [9.17, 15) is 18.0 Å². The van der Waals surface area contributed by atoms with E-state index in [1.54, 1.807) is 10.9 Å². The van der Waals surface area contributed by atoms with Crippen LogP contribution in [-0.2, 0) is 6.54 Å². The molecule has 5 nitrogen and oxygen atoms in total. The fourth-order valence-electron chi connectivity index (χ4n) is 2.12. The molecule has 0 atom stereocenters. The summed E-state index contributed by atoms with van der Waals surface area (Å²) in [7, 11) is 0. The fourth-order valence-corrected chi connectivity index (χ4v) is 2.12. The Labute approximate surface area is 130 Å². The maximum absolute atomic E-state index is 12.2. The Balaban J connectivity index is 1.64. The van der Waals surface area contributed by atoms with Gasteiger partial charge in [-0.15, -0.1) is 13.2 Å². The molecular weight excluding hydrogens is 311 g/mol. The topological polar surface area (TPSA) is 56.1 Å². The predicted octanol–water partition coefficient (Wildman–Crippen LogP) is 3.44. The van der Waals surface area contributed by atoms with Crippen molar-refractivity contribution in [2.45, 2.75) is 25.7 Å². The average Bonchev–Trinajstić information content (AvgIpc) is 3.12. The number of ether oxygens (including phenoxy) is 1. The second-order valence-electron chi connectivity index (χ2n) is 5.42. The van der Waals surface area contributed by atoms with E-state index in [1.807, 2.05) is 0 Å². The van der Waals surface area contributed by atoms with Crippen molar-refractivity contribution in [2.75, 3.05) is 5.32 Å². The SMILES string of the molecule is O=C(Nc1cccc(OC(F)(F)F)c1)c1cnn(CC2CC2)c1. The molecular formula is C15H14F3N3O2. The van der Waals surface area contributed by atoms with Gasteiger partial charge in [-0.25, -0.2) is 0 Å². The highest BCUT2D eigenvalue weighted by molar-refractivity contribution is 6.04. The number of rotatable bonds is 5. The van der Waals surface area contributed by atoms with Crippen molar-refractivity contribution in [1.82, 2.24) is 9.78 Å². The molecule has 3 rings (SSSR count). The molecule has 8 heteroatoms. The van der Waals surface area contributed by atoms with Crippen LogP contribution in [0, 0.1) is 5.92 Å². The molecule has 0 aliphatic heterocycles. The zero-order chi connectivity index (χ0) is 16.4. The minimum atomic E-state index is -4.77. The Bertz CT molecular complexity index is 708. The van der Waals surface area contributed by atoms with E-state index in [2.05, 4.69) is 15.2 Å². The minimum absolute atomic E-state index is 0.215. The normalized spacial score (nSPS) is 14.6. The second-order valence-corrected chi connectivity index (χ2v) is 5.42. The van der Waals surface area contributed by atoms with E-state index in [0.717, 1.165) is 18.7 Å². The van der Waals surface area contributed by atoms with E-state index in [0.29, 0.717) is 11.5 Å². The molecule has 1 N–H and O–H groups in total. The maximum atomic E-state index is 12.2. The number of benzene rings is 1. The van der Waals surface area contributed by atoms with Gasteiger partial charge >= 0.3 is 6.36 Å². The van der Waals surface area contributed by atoms with Gasteiger partial charge < -0.3 is 10.1 Å². The molecule has 0 bridgehead atoms. The van der Waals surface area contributed by atoms with Crippen molar-refractivity contribution < 1.29 is 22.7 Å². The van der Waals surface area contributed by atoms with Crippen LogP contribution in [0.3, 0.4) is 0 Å². The van der Waals surface area contributed by atoms with Crippen LogP contribution in [0.4, 0.5) is 18.9 Å². The first-order valence-corrected chi connectivity index (χ1v) is 7.09. The number of nitrogens with zero attached hydrogens (tertiary/aromatic N) is 2. The summed E-state index contributed by atoms with van der Waals surface area (Å²) in [6.07, 6.45) is 0.644. The molecule has 0 saturated heterocycles. The summed E-state index contributed by atoms with van der Waals surface area (Å²) in [6, 6.07) is 5.12. The van der Waals surface area contributed by atoms with E-state index in [1.165, 1.54) is 31.2 Å². The Morgan fingerprint density at radius 2 is 2.17 bits per heavy atom. The number of amides is 1. The molecule has 2 aromatic rings. The summed E-state index contributed by atoms with van der Waals surface area (Å²) in [4.78, 5) is 12.1. The highest BCUT2D eigenvalue weighted by Crippen LogP contribution is 2.30. The summed E-state index contributed by atoms with van der Waals surface area (Å²) in [6.45, 7) is 0.780. The standard InChI is InChI=1S/C15H14F3N3O2/c16-15(17,18)23-13-3-1-2-12(6-13)20-14(22)11-7-19-21(9-11)8-10-4-5-10/h1-3,6-7,9-10H,4-5,8H2,(H,20,22). The fraction of sp³-hybridized carbons (Fsp3) is 0.333. The summed E-state index contributed by atoms with van der Waals surface area (Å²) in [5.74, 6) is -0.196. The summed E-state index contributed by atoms with van der Waals surface area (Å²) < 4.78 is 42.1. The third-order valence-corrected chi connectivity index (χ3v) is 3.36. The van der Waals surface area contributed by atoms with Crippen LogP contribution < -0.4 is 10.1 Å². The van der Waals surface area contributed by atoms with E-state index in [4.69, 9.17) is 0 Å². The van der Waals surface area contributed by atoms with E-state index >= 15 is 0 Å². The van der Waals surface area contributed by atoms with Crippen LogP contribution >= 0.6 is 0 Å². The first-order valence-electron chi connectivity index (χ1n) is 7.09. The molecule has 1 aromatic heterocycles. The molecule has 1 fully saturated rings. The lowest BCUT2D eigenvalue weighted by molar-refractivity contribution is -0.274. The van der Waals surface area contributed by atoms with Gasteiger partial charge in [0.25, 0.3) is 5.91 Å². The maximum Gasteiger partial charge on any atom is 0.573 e. The van der Waals surface area contributed by atoms with Gasteiger partial charge in [-0.1, -0.05) is 6.07 Å². The number of hydrogen-bond acceptors (Lipinski definition) is 3. The zero-order valence-corrected chi connectivity index (χ0v) is 12.0. The largest absolute Gasteiger partial charge is 0.573 e. The van der Waals surface area contributed by atoms with Gasteiger partial charge in [-0.2, -0.15) is 5.10 Å². The number of alkyl halides is 3. The van der Waals surface area contributed by atoms with Crippen LogP contribution in [0.15, 0.2) is 36.7 Å². The Kier molecular flexibility index (Phi) is 3.97. The van der Waals surface area contributed by atoms with Crippen molar-refractivity contribution >= 4 is 11.6 Å². The average molecular weight is 325 g/mol. The van der Waals surface area contributed by atoms with Crippen molar-refractivity contribution in [2.24, 2.45) is 5.92 Å². The Hall–Kier alpha value is -2.51. The lowest BCUT2D eigenvalue weighted by Crippen LogP contribution is -2.17. The number of nitrogens with one attached hydrogen (secondary N) is 1. The van der Waals surface area contributed by atoms with Crippen molar-refractivity contribution in [3.05, 3.63) is 42.2 Å². The number of carbonyl (C=O) groups excluding carboxylic acids is 1. The molecule has 0 unspecified atom stereocenters. The lowest BCUT2D eigenvalue weighted by Gasteiger charge is -2.10. The van der Waals surface area contributed by atoms with E-state index in [-0.39, 0.29) is 11.4 Å². The number of halogens is 3. The van der Waals surface area contributed by atoms with E-state index < -0.39 is 12.3 Å². The Morgan fingerprint density at radius 1 is 1.39 bits per heavy atom. The number of carbonyl (C=O) groups is 1. The second kappa shape index (κ2) is 5.94. The van der Waals surface area contributed by atoms with Crippen LogP contribution in [0.25, 0.3) is 0 Å². The zero-order valence-electron chi connectivity index (χ0n) is 12.0. The first kappa shape index (κ1) is 15.4. The minimum Gasteiger partial charge on any atom is -0.406 e. The molecule has 122 valence electrons. The van der Waals surface area contributed by atoms with Gasteiger partial charge in [0.05, 0.1) is 11.8 Å². The van der Waals surface area contributed by atoms with Gasteiger partial charge in [-0.05, 0) is 30.9 Å². The smallest absolute Gasteiger partial charge is 0.406 e. The molecule has 0 radical (unpaired) electrons. The van der Waals surface area contributed by atoms with Gasteiger partial charge in [-0.3, -0.25) is 9.48 Å². The summed E-state index contributed by atoms with van der Waals surface area (Å²) in [5.41, 5.74) is 0.569. The molecule has 1 heterocycles. The summed E-state index contributed by atoms with van der Waals surface area (Å²) in [5, 5.41) is 6.63. The van der Waals surface area contributed by atoms with Crippen LogP contribution in [0.5, 0.6) is 5.75 Å². The molecule has 1 aliphatic rings. The lowest BCUT2D eigenvalue weighted by atomic mass is 10.2. The third-order valence-electron chi connectivity index (χ3n) is 3.36. The third kappa shape index (κ3) is 4.48. The molecule has 23 heavy (non-hydrogen) atoms. The van der Waals surface area contributed by atoms with Gasteiger partial charge in [0, 0.05) is 24.5 Å². The number of aromatic nitrogens is 2. The molecule has 1 amide bonds.